The highest BCUT2D eigenvalue weighted by Crippen LogP contribution is 2.44. The number of aromatic hydroxyl groups is 1. The Labute approximate surface area is 136 Å². The van der Waals surface area contributed by atoms with E-state index in [-0.39, 0.29) is 24.0 Å². The molecule has 120 valence electrons. The van der Waals surface area contributed by atoms with Crippen LogP contribution in [0.5, 0.6) is 5.75 Å². The number of benzene rings is 2. The van der Waals surface area contributed by atoms with E-state index in [1.165, 1.54) is 11.1 Å². The Balaban J connectivity index is 1.77. The number of aryl methyl sites for hydroxylation is 1. The zero-order chi connectivity index (χ0) is 15.8. The highest BCUT2D eigenvalue weighted by Gasteiger charge is 2.41. The molecule has 3 atom stereocenters. The Morgan fingerprint density at radius 1 is 1.13 bits per heavy atom. The molecule has 4 rings (SSSR count). The smallest absolute Gasteiger partial charge is 0.115 e. The maximum Gasteiger partial charge on any atom is 0.115 e. The summed E-state index contributed by atoms with van der Waals surface area (Å²) in [6.45, 7) is 3.37. The minimum atomic E-state index is -0.0924. The SMILES string of the molecule is CCc1ccc2c(c1)[C@H]1OCCO[C@H]1[C@H](c1cccc(O)c1)N2. The molecule has 23 heavy (non-hydrogen) atoms. The van der Waals surface area contributed by atoms with Crippen molar-refractivity contribution in [3.05, 3.63) is 59.2 Å². The van der Waals surface area contributed by atoms with Crippen LogP contribution in [0.1, 0.15) is 35.8 Å². The molecule has 2 N–H and O–H groups in total. The minimum absolute atomic E-state index is 0.0348. The number of fused-ring (bicyclic) bond motifs is 3. The van der Waals surface area contributed by atoms with Crippen molar-refractivity contribution in [2.75, 3.05) is 18.5 Å². The number of hydrogen-bond donors (Lipinski definition) is 2. The number of anilines is 1. The van der Waals surface area contributed by atoms with E-state index >= 15 is 0 Å². The fraction of sp³-hybridized carbons (Fsp3) is 0.368. The normalized spacial score (nSPS) is 26.0. The molecular formula is C19H21NO3. The van der Waals surface area contributed by atoms with E-state index in [0.29, 0.717) is 13.2 Å². The Kier molecular flexibility index (Phi) is 3.71. The Morgan fingerprint density at radius 2 is 2.00 bits per heavy atom. The topological polar surface area (TPSA) is 50.7 Å². The van der Waals surface area contributed by atoms with Crippen LogP contribution in [0.3, 0.4) is 0 Å². The molecule has 2 aliphatic rings. The lowest BCUT2D eigenvalue weighted by atomic mass is 9.86. The van der Waals surface area contributed by atoms with Crippen molar-refractivity contribution in [3.63, 3.8) is 0 Å². The van der Waals surface area contributed by atoms with E-state index in [2.05, 4.69) is 30.4 Å². The number of rotatable bonds is 2. The van der Waals surface area contributed by atoms with Crippen LogP contribution >= 0.6 is 0 Å². The van der Waals surface area contributed by atoms with Gasteiger partial charge in [-0.05, 0) is 35.7 Å². The molecule has 0 spiro atoms. The van der Waals surface area contributed by atoms with Gasteiger partial charge in [-0.2, -0.15) is 0 Å². The fourth-order valence-electron chi connectivity index (χ4n) is 3.52. The summed E-state index contributed by atoms with van der Waals surface area (Å²) >= 11 is 0. The molecule has 2 aliphatic heterocycles. The maximum absolute atomic E-state index is 9.80. The van der Waals surface area contributed by atoms with Gasteiger partial charge in [-0.3, -0.25) is 0 Å². The summed E-state index contributed by atoms with van der Waals surface area (Å²) in [6, 6.07) is 13.8. The lowest BCUT2D eigenvalue weighted by Crippen LogP contribution is -2.43. The summed E-state index contributed by atoms with van der Waals surface area (Å²) in [5, 5.41) is 13.4. The molecule has 0 saturated carbocycles. The largest absolute Gasteiger partial charge is 0.508 e. The maximum atomic E-state index is 9.80. The van der Waals surface area contributed by atoms with E-state index in [1.807, 2.05) is 12.1 Å². The van der Waals surface area contributed by atoms with Gasteiger partial charge in [-0.25, -0.2) is 0 Å². The van der Waals surface area contributed by atoms with Gasteiger partial charge in [0.1, 0.15) is 18.0 Å². The predicted octanol–water partition coefficient (Wildman–Crippen LogP) is 3.58. The predicted molar refractivity (Wildman–Crippen MR) is 88.7 cm³/mol. The monoisotopic (exact) mass is 311 g/mol. The van der Waals surface area contributed by atoms with Crippen molar-refractivity contribution in [1.82, 2.24) is 0 Å². The highest BCUT2D eigenvalue weighted by molar-refractivity contribution is 5.59. The van der Waals surface area contributed by atoms with E-state index in [1.54, 1.807) is 12.1 Å². The van der Waals surface area contributed by atoms with Gasteiger partial charge in [0.2, 0.25) is 0 Å². The van der Waals surface area contributed by atoms with Gasteiger partial charge < -0.3 is 19.9 Å². The second-order valence-corrected chi connectivity index (χ2v) is 6.12. The van der Waals surface area contributed by atoms with E-state index < -0.39 is 0 Å². The van der Waals surface area contributed by atoms with Crippen molar-refractivity contribution in [2.45, 2.75) is 31.6 Å². The van der Waals surface area contributed by atoms with Gasteiger partial charge in [0, 0.05) is 11.3 Å². The highest BCUT2D eigenvalue weighted by atomic mass is 16.6. The molecule has 0 unspecified atom stereocenters. The van der Waals surface area contributed by atoms with Crippen molar-refractivity contribution in [3.8, 4) is 5.75 Å². The minimum Gasteiger partial charge on any atom is -0.508 e. The summed E-state index contributed by atoms with van der Waals surface area (Å²) in [5.41, 5.74) is 4.57. The van der Waals surface area contributed by atoms with Crippen LogP contribution < -0.4 is 5.32 Å². The number of hydrogen-bond acceptors (Lipinski definition) is 4. The number of nitrogens with one attached hydrogen (secondary N) is 1. The van der Waals surface area contributed by atoms with Gasteiger partial charge in [0.05, 0.1) is 19.3 Å². The van der Waals surface area contributed by atoms with Crippen LogP contribution in [0, 0.1) is 0 Å². The Morgan fingerprint density at radius 3 is 2.83 bits per heavy atom. The molecule has 1 saturated heterocycles. The molecule has 0 radical (unpaired) electrons. The van der Waals surface area contributed by atoms with Crippen molar-refractivity contribution < 1.29 is 14.6 Å². The molecule has 2 aromatic rings. The van der Waals surface area contributed by atoms with E-state index in [4.69, 9.17) is 9.47 Å². The molecule has 0 bridgehead atoms. The first-order chi connectivity index (χ1) is 11.3. The first-order valence-electron chi connectivity index (χ1n) is 8.18. The first-order valence-corrected chi connectivity index (χ1v) is 8.18. The van der Waals surface area contributed by atoms with Crippen LogP contribution in [-0.2, 0) is 15.9 Å². The van der Waals surface area contributed by atoms with Crippen LogP contribution in [-0.4, -0.2) is 24.4 Å². The van der Waals surface area contributed by atoms with Gasteiger partial charge >= 0.3 is 0 Å². The van der Waals surface area contributed by atoms with Gasteiger partial charge in [-0.15, -0.1) is 0 Å². The lowest BCUT2D eigenvalue weighted by molar-refractivity contribution is -0.151. The van der Waals surface area contributed by atoms with Crippen molar-refractivity contribution in [2.24, 2.45) is 0 Å². The van der Waals surface area contributed by atoms with Crippen molar-refractivity contribution in [1.29, 1.82) is 0 Å². The summed E-state index contributed by atoms with van der Waals surface area (Å²) < 4.78 is 12.1. The zero-order valence-electron chi connectivity index (χ0n) is 13.2. The molecule has 4 nitrogen and oxygen atoms in total. The molecule has 0 amide bonds. The summed E-state index contributed by atoms with van der Waals surface area (Å²) in [7, 11) is 0. The molecule has 0 aromatic heterocycles. The standard InChI is InChI=1S/C19H21NO3/c1-2-12-6-7-16-15(10-12)18-19(23-9-8-22-18)17(20-16)13-4-3-5-14(21)11-13/h3-7,10-11,17-21H,2,8-9H2,1H3/t17-,18+,19-/m0/s1. The molecule has 2 heterocycles. The molecule has 0 aliphatic carbocycles. The van der Waals surface area contributed by atoms with Gasteiger partial charge in [-0.1, -0.05) is 31.2 Å². The first kappa shape index (κ1) is 14.5. The summed E-state index contributed by atoms with van der Waals surface area (Å²) in [6.07, 6.45) is 0.839. The average molecular weight is 311 g/mol. The Bertz CT molecular complexity index is 716. The summed E-state index contributed by atoms with van der Waals surface area (Å²) in [5.74, 6) is 0.268. The second kappa shape index (κ2) is 5.87. The Hall–Kier alpha value is -2.04. The summed E-state index contributed by atoms with van der Waals surface area (Å²) in [4.78, 5) is 0. The third-order valence-corrected chi connectivity index (χ3v) is 4.69. The van der Waals surface area contributed by atoms with Crippen molar-refractivity contribution >= 4 is 5.69 Å². The van der Waals surface area contributed by atoms with Gasteiger partial charge in [0.15, 0.2) is 0 Å². The van der Waals surface area contributed by atoms with Crippen LogP contribution in [0.4, 0.5) is 5.69 Å². The number of ether oxygens (including phenoxy) is 2. The zero-order valence-corrected chi connectivity index (χ0v) is 13.2. The lowest BCUT2D eigenvalue weighted by Gasteiger charge is -2.43. The number of phenols is 1. The third-order valence-electron chi connectivity index (χ3n) is 4.69. The van der Waals surface area contributed by atoms with E-state index in [9.17, 15) is 5.11 Å². The molecular weight excluding hydrogens is 290 g/mol. The van der Waals surface area contributed by atoms with E-state index in [0.717, 1.165) is 17.7 Å². The third kappa shape index (κ3) is 2.58. The second-order valence-electron chi connectivity index (χ2n) is 6.12. The van der Waals surface area contributed by atoms with Crippen LogP contribution in [0.15, 0.2) is 42.5 Å². The van der Waals surface area contributed by atoms with Crippen LogP contribution in [0.2, 0.25) is 0 Å². The molecule has 4 heteroatoms. The van der Waals surface area contributed by atoms with Crippen LogP contribution in [0.25, 0.3) is 0 Å². The average Bonchev–Trinajstić information content (AvgIpc) is 2.60. The molecule has 1 fully saturated rings. The fourth-order valence-corrected chi connectivity index (χ4v) is 3.52. The quantitative estimate of drug-likeness (QED) is 0.890. The molecule has 2 aromatic carbocycles. The number of phenolic OH excluding ortho intramolecular Hbond substituents is 1. The van der Waals surface area contributed by atoms with Gasteiger partial charge in [0.25, 0.3) is 0 Å².